The fourth-order valence-corrected chi connectivity index (χ4v) is 8.71. The second-order valence-corrected chi connectivity index (χ2v) is 21.9. The molecule has 2 amide bonds. The largest absolute Gasteiger partial charge is 0.398 e. The molecular formula is C15H30N2Na10O42S10. The molecule has 0 rings (SSSR count). The van der Waals surface area contributed by atoms with Crippen molar-refractivity contribution in [3.8, 4) is 0 Å². The molecule has 0 saturated heterocycles. The Bertz CT molecular complexity index is 2790. The van der Waals surface area contributed by atoms with Crippen LogP contribution in [0.5, 0.6) is 0 Å². The maximum absolute atomic E-state index is 13.2. The molecule has 64 heteroatoms. The summed E-state index contributed by atoms with van der Waals surface area (Å²) in [5, 5.41) is 2.89. The first kappa shape index (κ1) is 111. The fraction of sp³-hybridized carbons (Fsp3) is 0.867. The van der Waals surface area contributed by atoms with Crippen molar-refractivity contribution in [3.05, 3.63) is 0 Å². The van der Waals surface area contributed by atoms with Crippen LogP contribution in [0.1, 0.15) is 6.42 Å². The van der Waals surface area contributed by atoms with Crippen molar-refractivity contribution in [2.45, 2.75) is 55.3 Å². The number of amides is 2. The van der Waals surface area contributed by atoms with Crippen LogP contribution in [-0.4, -0.2) is 512 Å². The Hall–Kier alpha value is 7.64. The Morgan fingerprint density at radius 1 is 0.291 bits per heavy atom. The maximum atomic E-state index is 13.2. The topological polar surface area (TPSA) is 694 Å². The van der Waals surface area contributed by atoms with Crippen LogP contribution in [0, 0.1) is 0 Å². The number of nitrogens with one attached hydrogen (secondary N) is 2. The predicted octanol–water partition coefficient (Wildman–Crippen LogP) is -13.1. The second-order valence-electron chi connectivity index (χ2n) is 11.3. The molecule has 0 aliphatic carbocycles. The van der Waals surface area contributed by atoms with Gasteiger partial charge in [0.25, 0.3) is 11.8 Å². The zero-order chi connectivity index (χ0) is 54.8. The fourth-order valence-electron chi connectivity index (χ4n) is 4.22. The maximum Gasteiger partial charge on any atom is 0.398 e. The monoisotopic (exact) mass is 1460 g/mol. The van der Waals surface area contributed by atoms with Gasteiger partial charge in [0.15, 0.2) is 12.2 Å². The summed E-state index contributed by atoms with van der Waals surface area (Å²) in [6, 6.07) is 0. The van der Waals surface area contributed by atoms with E-state index in [9.17, 15) is 121 Å². The minimum absolute atomic E-state index is 0. The normalized spacial score (nSPS) is 15.4. The van der Waals surface area contributed by atoms with Gasteiger partial charge in [0.05, 0.1) is 13.2 Å². The Kier molecular flexibility index (Phi) is 65.6. The molecule has 0 spiro atoms. The molecule has 0 saturated carbocycles. The van der Waals surface area contributed by atoms with E-state index in [4.69, 9.17) is 18.2 Å². The summed E-state index contributed by atoms with van der Waals surface area (Å²) in [6.07, 6.45) is -30.6. The molecule has 0 aromatic rings. The summed E-state index contributed by atoms with van der Waals surface area (Å²) in [6.45, 7) is -7.14. The van der Waals surface area contributed by atoms with Crippen LogP contribution >= 0.6 is 0 Å². The molecule has 8 atom stereocenters. The van der Waals surface area contributed by atoms with Crippen molar-refractivity contribution in [2.24, 2.45) is 0 Å². The smallest absolute Gasteiger partial charge is 0.354 e. The van der Waals surface area contributed by atoms with Gasteiger partial charge in [0.2, 0.25) is 0 Å². The molecule has 0 aliphatic rings. The third-order valence-corrected chi connectivity index (χ3v) is 10.7. The first-order chi connectivity index (χ1) is 30.3. The third-order valence-electron chi connectivity index (χ3n) is 6.08. The van der Waals surface area contributed by atoms with Crippen molar-refractivity contribution >= 4 is 411 Å². The summed E-state index contributed by atoms with van der Waals surface area (Å²) >= 11 is 0. The zero-order valence-corrected chi connectivity index (χ0v) is 69.9. The molecule has 0 heterocycles. The summed E-state index contributed by atoms with van der Waals surface area (Å²) < 4.78 is 360. The van der Waals surface area contributed by atoms with Gasteiger partial charge in [-0.25, -0.2) is 41.8 Å². The van der Waals surface area contributed by atoms with E-state index in [2.05, 4.69) is 41.8 Å². The van der Waals surface area contributed by atoms with Crippen LogP contribution < -0.4 is 10.6 Å². The molecular weight excluding hydrogens is 1430 g/mol. The van der Waals surface area contributed by atoms with Crippen LogP contribution in [0.25, 0.3) is 0 Å². The number of carbonyl (C=O) groups excluding carboxylic acids is 2. The van der Waals surface area contributed by atoms with Crippen LogP contribution in [-0.2, 0) is 155 Å². The van der Waals surface area contributed by atoms with Crippen LogP contribution in [0.3, 0.4) is 0 Å². The van der Waals surface area contributed by atoms with Gasteiger partial charge >= 0.3 is 104 Å². The van der Waals surface area contributed by atoms with Gasteiger partial charge in [-0.3, -0.25) is 55.1 Å². The van der Waals surface area contributed by atoms with Crippen molar-refractivity contribution < 1.29 is 181 Å². The van der Waals surface area contributed by atoms with Crippen molar-refractivity contribution in [3.63, 3.8) is 0 Å². The Morgan fingerprint density at radius 2 is 0.481 bits per heavy atom. The Labute approximate surface area is 671 Å². The van der Waals surface area contributed by atoms with Gasteiger partial charge in [0.1, 0.15) is 36.6 Å². The third kappa shape index (κ3) is 60.3. The SMILES string of the molecule is O=C(NCCCNC(=O)[C@H](OS(=O)(=O)O)[C@H](OS(=O)(=O)O)[C@@H](OS(=O)(=O)O)[C@@H](COS(=O)(=O)O)OS(=O)(=O)O)[C@H](OS(=O)(=O)O)[C@H](OS(=O)(=O)O)[C@@H](OS(=O)(=O)O)[C@@H](COS(=O)(=O)O)OS(=O)(=O)O.[Na].[Na].[Na].[Na].[Na].[Na].[Na].[Na].[Na].[Na]. The van der Waals surface area contributed by atoms with Crippen molar-refractivity contribution in [1.29, 1.82) is 0 Å². The molecule has 422 valence electrons. The average molecular weight is 1460 g/mol. The van der Waals surface area contributed by atoms with Gasteiger partial charge in [-0.2, -0.15) is 84.2 Å². The van der Waals surface area contributed by atoms with Crippen LogP contribution in [0.4, 0.5) is 0 Å². The van der Waals surface area contributed by atoms with E-state index in [1.807, 2.05) is 0 Å². The van der Waals surface area contributed by atoms with Gasteiger partial charge in [-0.1, -0.05) is 0 Å². The molecule has 0 aromatic carbocycles. The predicted molar refractivity (Wildman–Crippen MR) is 255 cm³/mol. The molecule has 0 bridgehead atoms. The average Bonchev–Trinajstić information content (AvgIpc) is 3.05. The number of hydrogen-bond donors (Lipinski definition) is 12. The number of hydrogen-bond acceptors (Lipinski definition) is 32. The van der Waals surface area contributed by atoms with E-state index in [1.165, 1.54) is 10.6 Å². The van der Waals surface area contributed by atoms with E-state index in [0.717, 1.165) is 0 Å². The summed E-state index contributed by atoms with van der Waals surface area (Å²) in [7, 11) is -62.3. The molecule has 0 aromatic heterocycles. The van der Waals surface area contributed by atoms with Gasteiger partial charge in [-0.05, 0) is 6.42 Å². The summed E-state index contributed by atoms with van der Waals surface area (Å²) in [5.74, 6) is -4.76. The van der Waals surface area contributed by atoms with E-state index < -0.39 is 197 Å². The minimum atomic E-state index is -6.40. The van der Waals surface area contributed by atoms with Crippen molar-refractivity contribution in [2.75, 3.05) is 26.3 Å². The van der Waals surface area contributed by atoms with Crippen LogP contribution in [0.2, 0.25) is 0 Å². The molecule has 0 fully saturated rings. The first-order valence-corrected chi connectivity index (χ1v) is 28.9. The molecule has 0 aliphatic heterocycles. The quantitative estimate of drug-likeness (QED) is 0.0162. The Morgan fingerprint density at radius 3 is 0.658 bits per heavy atom. The van der Waals surface area contributed by atoms with Crippen molar-refractivity contribution in [1.82, 2.24) is 10.6 Å². The summed E-state index contributed by atoms with van der Waals surface area (Å²) in [4.78, 5) is 26.3. The number of rotatable bonds is 34. The summed E-state index contributed by atoms with van der Waals surface area (Å²) in [5.41, 5.74) is 0. The van der Waals surface area contributed by atoms with E-state index >= 15 is 0 Å². The standard InChI is InChI=1S/C15H30N2O42S10.10Na/c18-14(12(58-68(44,45)46)10(56-66(38,39)40)8(54-64(32,33)34)6(52-62(26,27)28)4-50-60(20,21)22)16-2-1-3-17-15(19)13(59-69(47,48)49)11(57-67(41,42)43)9(55-65(35,36)37)7(53-63(29,30)31)5-51-61(23,24)25;;;;;;;;;;/h6-13H,1-5H2,(H,16,18)(H,17,19)(H,20,21,22)(H,23,24,25)(H,26,27,28)(H,29,30,31)(H,32,33,34)(H,35,36,37)(H,38,39,40)(H,41,42,43)(H,44,45,46)(H,47,48,49);;;;;;;;;;/t6-,7-,8+,9+,10-,11-,12-,13-;;;;;;;;;;/m1........../s1. The van der Waals surface area contributed by atoms with E-state index in [0.29, 0.717) is 0 Å². The second kappa shape index (κ2) is 46.7. The van der Waals surface area contributed by atoms with Gasteiger partial charge in [0, 0.05) is 309 Å². The first-order valence-electron chi connectivity index (χ1n) is 15.3. The zero-order valence-electron chi connectivity index (χ0n) is 41.8. The molecule has 79 heavy (non-hydrogen) atoms. The van der Waals surface area contributed by atoms with E-state index in [1.54, 1.807) is 0 Å². The Balaban J connectivity index is -0.000000514. The molecule has 0 unspecified atom stereocenters. The molecule has 10 radical (unpaired) electrons. The molecule has 44 nitrogen and oxygen atoms in total. The van der Waals surface area contributed by atoms with Gasteiger partial charge in [-0.15, -0.1) is 0 Å². The van der Waals surface area contributed by atoms with Crippen LogP contribution in [0.15, 0.2) is 0 Å². The van der Waals surface area contributed by atoms with E-state index in [-0.39, 0.29) is 296 Å². The van der Waals surface area contributed by atoms with Gasteiger partial charge < -0.3 is 10.6 Å². The minimum Gasteiger partial charge on any atom is -0.354 e. The number of carbonyl (C=O) groups is 2. The molecule has 12 N–H and O–H groups in total.